The van der Waals surface area contributed by atoms with E-state index in [0.29, 0.717) is 59.7 Å². The number of furan rings is 1. The summed E-state index contributed by atoms with van der Waals surface area (Å²) in [6.45, 7) is 0. The zero-order chi connectivity index (χ0) is 25.4. The van der Waals surface area contributed by atoms with Crippen LogP contribution in [0.3, 0.4) is 0 Å². The number of amides is 1. The topological polar surface area (TPSA) is 80.3 Å². The highest BCUT2D eigenvalue weighted by atomic mass is 35.5. The SMILES string of the molecule is O=C(NC(=S)Nc1ccc(Cl)c(-c2nc3cc(Cl)ccc3o2)c1)c1ccc(-c2cccc(Cl)c2Cl)o1. The Morgan fingerprint density at radius 3 is 2.53 bits per heavy atom. The van der Waals surface area contributed by atoms with E-state index in [1.807, 2.05) is 0 Å². The Hall–Kier alpha value is -3.07. The summed E-state index contributed by atoms with van der Waals surface area (Å²) in [7, 11) is 0. The summed E-state index contributed by atoms with van der Waals surface area (Å²) >= 11 is 30.0. The largest absolute Gasteiger partial charge is 0.451 e. The molecule has 0 aliphatic heterocycles. The zero-order valence-electron chi connectivity index (χ0n) is 17.9. The Bertz CT molecular complexity index is 1650. The van der Waals surface area contributed by atoms with Crippen molar-refractivity contribution in [2.75, 3.05) is 5.32 Å². The van der Waals surface area contributed by atoms with Crippen LogP contribution in [0.25, 0.3) is 33.9 Å². The normalized spacial score (nSPS) is 11.0. The fraction of sp³-hybridized carbons (Fsp3) is 0. The van der Waals surface area contributed by atoms with Crippen molar-refractivity contribution in [3.63, 3.8) is 0 Å². The molecule has 2 N–H and O–H groups in total. The van der Waals surface area contributed by atoms with Crippen molar-refractivity contribution in [3.8, 4) is 22.8 Å². The number of oxazole rings is 1. The number of rotatable bonds is 4. The summed E-state index contributed by atoms with van der Waals surface area (Å²) in [5, 5.41) is 7.26. The molecule has 180 valence electrons. The van der Waals surface area contributed by atoms with Crippen molar-refractivity contribution in [1.29, 1.82) is 0 Å². The van der Waals surface area contributed by atoms with Gasteiger partial charge in [-0.3, -0.25) is 10.1 Å². The molecule has 3 aromatic carbocycles. The lowest BCUT2D eigenvalue weighted by Crippen LogP contribution is -2.33. The van der Waals surface area contributed by atoms with Crippen LogP contribution in [0.5, 0.6) is 0 Å². The molecule has 5 aromatic rings. The summed E-state index contributed by atoms with van der Waals surface area (Å²) < 4.78 is 11.5. The van der Waals surface area contributed by atoms with E-state index in [1.165, 1.54) is 6.07 Å². The molecule has 0 aliphatic rings. The maximum Gasteiger partial charge on any atom is 0.293 e. The Kier molecular flexibility index (Phi) is 6.92. The van der Waals surface area contributed by atoms with Crippen molar-refractivity contribution in [1.82, 2.24) is 10.3 Å². The molecule has 5 rings (SSSR count). The number of carbonyl (C=O) groups is 1. The number of anilines is 1. The van der Waals surface area contributed by atoms with Gasteiger partial charge in [-0.25, -0.2) is 4.98 Å². The first-order valence-electron chi connectivity index (χ1n) is 10.3. The molecular formula is C25H13Cl4N3O3S. The van der Waals surface area contributed by atoms with Crippen LogP contribution in [-0.4, -0.2) is 16.0 Å². The van der Waals surface area contributed by atoms with Gasteiger partial charge in [-0.2, -0.15) is 0 Å². The van der Waals surface area contributed by atoms with Gasteiger partial charge in [0.15, 0.2) is 16.5 Å². The fourth-order valence-electron chi connectivity index (χ4n) is 3.41. The predicted molar refractivity (Wildman–Crippen MR) is 147 cm³/mol. The van der Waals surface area contributed by atoms with E-state index in [2.05, 4.69) is 15.6 Å². The molecule has 0 saturated carbocycles. The van der Waals surface area contributed by atoms with E-state index in [4.69, 9.17) is 67.5 Å². The van der Waals surface area contributed by atoms with Gasteiger partial charge in [0, 0.05) is 16.3 Å². The Morgan fingerprint density at radius 2 is 1.69 bits per heavy atom. The molecular weight excluding hydrogens is 564 g/mol. The molecule has 11 heteroatoms. The van der Waals surface area contributed by atoms with E-state index >= 15 is 0 Å². The predicted octanol–water partition coefficient (Wildman–Crippen LogP) is 8.50. The summed E-state index contributed by atoms with van der Waals surface area (Å²) in [5.41, 5.74) is 2.84. The lowest BCUT2D eigenvalue weighted by Gasteiger charge is -2.10. The van der Waals surface area contributed by atoms with Crippen molar-refractivity contribution in [2.45, 2.75) is 0 Å². The third-order valence-electron chi connectivity index (χ3n) is 5.08. The van der Waals surface area contributed by atoms with Gasteiger partial charge in [0.25, 0.3) is 5.91 Å². The second-order valence-corrected chi connectivity index (χ2v) is 9.54. The molecule has 0 aliphatic carbocycles. The average molecular weight is 577 g/mol. The second-order valence-electron chi connectivity index (χ2n) is 7.50. The fourth-order valence-corrected chi connectivity index (χ4v) is 4.38. The Balaban J connectivity index is 1.30. The highest BCUT2D eigenvalue weighted by Crippen LogP contribution is 2.35. The molecule has 1 amide bonds. The smallest absolute Gasteiger partial charge is 0.293 e. The van der Waals surface area contributed by atoms with Crippen LogP contribution in [0.4, 0.5) is 5.69 Å². The number of carbonyl (C=O) groups excluding carboxylic acids is 1. The Labute approximate surface area is 230 Å². The number of thiocarbonyl (C=S) groups is 1. The third kappa shape index (κ3) is 5.07. The van der Waals surface area contributed by atoms with Crippen LogP contribution in [-0.2, 0) is 0 Å². The van der Waals surface area contributed by atoms with Crippen molar-refractivity contribution in [3.05, 3.63) is 92.6 Å². The van der Waals surface area contributed by atoms with Crippen LogP contribution in [0, 0.1) is 0 Å². The van der Waals surface area contributed by atoms with Crippen LogP contribution in [0.15, 0.2) is 75.6 Å². The van der Waals surface area contributed by atoms with Crippen LogP contribution in [0.2, 0.25) is 20.1 Å². The number of nitrogens with zero attached hydrogens (tertiary/aromatic N) is 1. The lowest BCUT2D eigenvalue weighted by atomic mass is 10.2. The lowest BCUT2D eigenvalue weighted by molar-refractivity contribution is 0.0951. The molecule has 2 aromatic heterocycles. The van der Waals surface area contributed by atoms with Gasteiger partial charge in [-0.1, -0.05) is 52.5 Å². The van der Waals surface area contributed by atoms with Crippen LogP contribution >= 0.6 is 58.6 Å². The van der Waals surface area contributed by atoms with Gasteiger partial charge in [0.1, 0.15) is 11.3 Å². The van der Waals surface area contributed by atoms with E-state index in [-0.39, 0.29) is 10.9 Å². The highest BCUT2D eigenvalue weighted by Gasteiger charge is 2.17. The van der Waals surface area contributed by atoms with Gasteiger partial charge in [-0.15, -0.1) is 0 Å². The second kappa shape index (κ2) is 10.1. The molecule has 0 saturated heterocycles. The molecule has 2 heterocycles. The van der Waals surface area contributed by atoms with Crippen molar-refractivity contribution in [2.24, 2.45) is 0 Å². The zero-order valence-corrected chi connectivity index (χ0v) is 21.8. The molecule has 0 radical (unpaired) electrons. The van der Waals surface area contributed by atoms with Gasteiger partial charge in [-0.05, 0) is 72.9 Å². The monoisotopic (exact) mass is 575 g/mol. The summed E-state index contributed by atoms with van der Waals surface area (Å²) in [5.74, 6) is 0.223. The molecule has 0 atom stereocenters. The quantitative estimate of drug-likeness (QED) is 0.209. The van der Waals surface area contributed by atoms with Gasteiger partial charge in [0.05, 0.1) is 20.6 Å². The number of hydrogen-bond acceptors (Lipinski definition) is 5. The highest BCUT2D eigenvalue weighted by molar-refractivity contribution is 7.80. The molecule has 0 bridgehead atoms. The first kappa shape index (κ1) is 24.6. The molecule has 36 heavy (non-hydrogen) atoms. The standard InChI is InChI=1S/C25H13Cl4N3O3S/c26-12-4-7-20-18(10-12)31-24(35-20)15-11-13(5-6-16(15)27)30-25(36)32-23(33)21-9-8-19(34-21)14-2-1-3-17(28)22(14)29/h1-11H,(H2,30,32,33,36). The maximum absolute atomic E-state index is 12.7. The molecule has 6 nitrogen and oxygen atoms in total. The minimum atomic E-state index is -0.540. The minimum absolute atomic E-state index is 0.0483. The minimum Gasteiger partial charge on any atom is -0.451 e. The van der Waals surface area contributed by atoms with Gasteiger partial charge in [0.2, 0.25) is 5.89 Å². The Morgan fingerprint density at radius 1 is 0.861 bits per heavy atom. The first-order valence-corrected chi connectivity index (χ1v) is 12.2. The van der Waals surface area contributed by atoms with Crippen LogP contribution < -0.4 is 10.6 Å². The number of halogens is 4. The average Bonchev–Trinajstić information content (AvgIpc) is 3.49. The van der Waals surface area contributed by atoms with Crippen molar-refractivity contribution < 1.29 is 13.6 Å². The first-order chi connectivity index (χ1) is 17.3. The van der Waals surface area contributed by atoms with E-state index in [0.717, 1.165) is 0 Å². The summed E-state index contributed by atoms with van der Waals surface area (Å²) in [6.07, 6.45) is 0. The molecule has 0 unspecified atom stereocenters. The van der Waals surface area contributed by atoms with Crippen molar-refractivity contribution >= 4 is 86.4 Å². The number of aromatic nitrogens is 1. The number of benzene rings is 3. The summed E-state index contributed by atoms with van der Waals surface area (Å²) in [4.78, 5) is 17.1. The summed E-state index contributed by atoms with van der Waals surface area (Å²) in [6, 6.07) is 18.5. The number of nitrogens with one attached hydrogen (secondary N) is 2. The van der Waals surface area contributed by atoms with E-state index in [1.54, 1.807) is 60.7 Å². The van der Waals surface area contributed by atoms with Gasteiger partial charge < -0.3 is 14.2 Å². The number of hydrogen-bond donors (Lipinski definition) is 2. The third-order valence-corrected chi connectivity index (χ3v) is 6.67. The van der Waals surface area contributed by atoms with Gasteiger partial charge >= 0.3 is 0 Å². The molecule has 0 fully saturated rings. The van der Waals surface area contributed by atoms with E-state index < -0.39 is 5.91 Å². The molecule has 0 spiro atoms. The maximum atomic E-state index is 12.7. The number of fused-ring (bicyclic) bond motifs is 1. The van der Waals surface area contributed by atoms with Crippen LogP contribution in [0.1, 0.15) is 10.6 Å². The van der Waals surface area contributed by atoms with E-state index in [9.17, 15) is 4.79 Å².